The Balaban J connectivity index is 1.21. The van der Waals surface area contributed by atoms with Gasteiger partial charge in [0.1, 0.15) is 17.6 Å². The number of methoxy groups -OCH3 is 2. The third kappa shape index (κ3) is 9.25. The fourth-order valence-corrected chi connectivity index (χ4v) is 6.79. The Hall–Kier alpha value is -4.58. The molecule has 0 bridgehead atoms. The molecule has 248 valence electrons. The van der Waals surface area contributed by atoms with Gasteiger partial charge in [-0.05, 0) is 78.8 Å². The highest BCUT2D eigenvalue weighted by molar-refractivity contribution is 8.15. The van der Waals surface area contributed by atoms with E-state index in [-0.39, 0.29) is 12.5 Å². The van der Waals surface area contributed by atoms with Gasteiger partial charge in [-0.3, -0.25) is 14.5 Å². The number of amidine groups is 1. The Morgan fingerprint density at radius 3 is 2.47 bits per heavy atom. The number of amides is 3. The van der Waals surface area contributed by atoms with Crippen LogP contribution in [0.15, 0.2) is 71.7 Å². The summed E-state index contributed by atoms with van der Waals surface area (Å²) in [6, 6.07) is 18.5. The molecule has 10 nitrogen and oxygen atoms in total. The monoisotopic (exact) mass is 662 g/mol. The molecule has 3 aromatic rings. The summed E-state index contributed by atoms with van der Waals surface area (Å²) in [4.78, 5) is 44.5. The molecule has 47 heavy (non-hydrogen) atoms. The van der Waals surface area contributed by atoms with Crippen LogP contribution in [0.4, 0.5) is 20.6 Å². The average molecular weight is 663 g/mol. The SMILES string of the molecule is COc1ccc(CCN2C(=O)C(c3ccc(NC(=O)CNC(=O)OCC4CCCCC4)cc3)SC2=Nc2cccc(F)c2)cc1OC. The predicted octanol–water partition coefficient (Wildman–Crippen LogP) is 6.63. The zero-order chi connectivity index (χ0) is 33.2. The molecule has 0 spiro atoms. The van der Waals surface area contributed by atoms with Crippen LogP contribution in [0.1, 0.15) is 48.5 Å². The predicted molar refractivity (Wildman–Crippen MR) is 180 cm³/mol. The average Bonchev–Trinajstić information content (AvgIpc) is 3.39. The number of benzene rings is 3. The van der Waals surface area contributed by atoms with Gasteiger partial charge in [0.25, 0.3) is 0 Å². The first-order chi connectivity index (χ1) is 22.8. The van der Waals surface area contributed by atoms with Gasteiger partial charge in [0, 0.05) is 12.2 Å². The van der Waals surface area contributed by atoms with Crippen molar-refractivity contribution in [1.29, 1.82) is 0 Å². The van der Waals surface area contributed by atoms with Crippen molar-refractivity contribution in [3.05, 3.63) is 83.7 Å². The zero-order valence-corrected chi connectivity index (χ0v) is 27.3. The van der Waals surface area contributed by atoms with Crippen LogP contribution in [0, 0.1) is 11.7 Å². The number of aliphatic imine (C=N–C) groups is 1. The van der Waals surface area contributed by atoms with Crippen molar-refractivity contribution in [3.8, 4) is 11.5 Å². The Morgan fingerprint density at radius 1 is 0.979 bits per heavy atom. The van der Waals surface area contributed by atoms with Crippen LogP contribution in [0.25, 0.3) is 0 Å². The zero-order valence-electron chi connectivity index (χ0n) is 26.5. The van der Waals surface area contributed by atoms with Gasteiger partial charge in [-0.15, -0.1) is 0 Å². The standard InChI is InChI=1S/C35H39FN4O6S/c1-44-29-16-11-23(19-30(29)45-2)17-18-40-33(42)32(47-34(40)39-28-10-6-9-26(36)20-28)25-12-14-27(15-13-25)38-31(41)21-37-35(43)46-22-24-7-4-3-5-8-24/h6,9-16,19-20,24,32H,3-5,7-8,17-18,21-22H2,1-2H3,(H,37,43)(H,38,41). The smallest absolute Gasteiger partial charge is 0.407 e. The van der Waals surface area contributed by atoms with Crippen molar-refractivity contribution in [2.75, 3.05) is 39.2 Å². The lowest BCUT2D eigenvalue weighted by Crippen LogP contribution is -2.34. The van der Waals surface area contributed by atoms with Crippen molar-refractivity contribution in [2.45, 2.75) is 43.8 Å². The molecular formula is C35H39FN4O6S. The van der Waals surface area contributed by atoms with E-state index in [1.54, 1.807) is 55.5 Å². The van der Waals surface area contributed by atoms with Crippen molar-refractivity contribution < 1.29 is 33.0 Å². The molecule has 1 aliphatic heterocycles. The summed E-state index contributed by atoms with van der Waals surface area (Å²) in [5, 5.41) is 5.13. The molecular weight excluding hydrogens is 623 g/mol. The van der Waals surface area contributed by atoms with E-state index in [0.29, 0.717) is 53.5 Å². The van der Waals surface area contributed by atoms with Gasteiger partial charge in [-0.2, -0.15) is 0 Å². The number of anilines is 1. The summed E-state index contributed by atoms with van der Waals surface area (Å²) in [6.07, 6.45) is 5.59. The molecule has 2 aliphatic rings. The number of carbonyl (C=O) groups excluding carboxylic acids is 3. The maximum Gasteiger partial charge on any atom is 0.407 e. The van der Waals surface area contributed by atoms with Crippen LogP contribution >= 0.6 is 11.8 Å². The largest absolute Gasteiger partial charge is 0.493 e. The second-order valence-electron chi connectivity index (χ2n) is 11.4. The van der Waals surface area contributed by atoms with Gasteiger partial charge in [-0.25, -0.2) is 14.2 Å². The fraction of sp³-hybridized carbons (Fsp3) is 0.371. The molecule has 2 N–H and O–H groups in total. The minimum Gasteiger partial charge on any atom is -0.493 e. The number of rotatable bonds is 12. The van der Waals surface area contributed by atoms with Gasteiger partial charge < -0.3 is 24.8 Å². The van der Waals surface area contributed by atoms with E-state index in [9.17, 15) is 18.8 Å². The normalized spacial score (nSPS) is 17.4. The van der Waals surface area contributed by atoms with E-state index >= 15 is 0 Å². The quantitative estimate of drug-likeness (QED) is 0.223. The van der Waals surface area contributed by atoms with Crippen LogP contribution in [0.5, 0.6) is 11.5 Å². The molecule has 1 unspecified atom stereocenters. The first-order valence-corrected chi connectivity index (χ1v) is 16.5. The number of hydrogen-bond donors (Lipinski definition) is 2. The van der Waals surface area contributed by atoms with Gasteiger partial charge in [-0.1, -0.05) is 55.3 Å². The molecule has 2 fully saturated rings. The molecule has 1 aliphatic carbocycles. The van der Waals surface area contributed by atoms with Crippen LogP contribution < -0.4 is 20.1 Å². The molecule has 1 heterocycles. The van der Waals surface area contributed by atoms with E-state index < -0.39 is 23.1 Å². The third-order valence-electron chi connectivity index (χ3n) is 8.11. The van der Waals surface area contributed by atoms with Crippen molar-refractivity contribution in [1.82, 2.24) is 10.2 Å². The highest BCUT2D eigenvalue weighted by atomic mass is 32.2. The number of halogens is 1. The number of carbonyl (C=O) groups is 3. The number of nitrogens with one attached hydrogen (secondary N) is 2. The molecule has 5 rings (SSSR count). The van der Waals surface area contributed by atoms with Crippen LogP contribution in [-0.2, 0) is 20.7 Å². The van der Waals surface area contributed by atoms with E-state index in [1.165, 1.54) is 30.3 Å². The van der Waals surface area contributed by atoms with Gasteiger partial charge in [0.2, 0.25) is 11.8 Å². The Morgan fingerprint density at radius 2 is 1.74 bits per heavy atom. The number of nitrogens with zero attached hydrogens (tertiary/aromatic N) is 2. The van der Waals surface area contributed by atoms with E-state index in [0.717, 1.165) is 36.8 Å². The lowest BCUT2D eigenvalue weighted by Gasteiger charge is -2.21. The van der Waals surface area contributed by atoms with E-state index in [4.69, 9.17) is 14.2 Å². The number of hydrogen-bond acceptors (Lipinski definition) is 8. The second kappa shape index (κ2) is 16.3. The Kier molecular flexibility index (Phi) is 11.7. The van der Waals surface area contributed by atoms with E-state index in [1.807, 2.05) is 18.2 Å². The summed E-state index contributed by atoms with van der Waals surface area (Å²) >= 11 is 1.29. The van der Waals surface area contributed by atoms with Crippen molar-refractivity contribution >= 4 is 46.2 Å². The Bertz CT molecular complexity index is 1600. The molecule has 1 saturated heterocycles. The van der Waals surface area contributed by atoms with Crippen LogP contribution in [-0.4, -0.2) is 61.9 Å². The first-order valence-electron chi connectivity index (χ1n) is 15.7. The van der Waals surface area contributed by atoms with Crippen molar-refractivity contribution in [2.24, 2.45) is 10.9 Å². The number of thioether (sulfide) groups is 1. The summed E-state index contributed by atoms with van der Waals surface area (Å²) in [6.45, 7) is 0.489. The molecule has 0 radical (unpaired) electrons. The molecule has 12 heteroatoms. The first kappa shape index (κ1) is 33.8. The topological polar surface area (TPSA) is 119 Å². The third-order valence-corrected chi connectivity index (χ3v) is 9.35. The molecule has 1 atom stereocenters. The minimum atomic E-state index is -0.607. The lowest BCUT2D eigenvalue weighted by atomic mass is 9.90. The molecule has 1 saturated carbocycles. The van der Waals surface area contributed by atoms with Gasteiger partial charge >= 0.3 is 6.09 Å². The highest BCUT2D eigenvalue weighted by Gasteiger charge is 2.39. The maximum atomic E-state index is 13.9. The summed E-state index contributed by atoms with van der Waals surface area (Å²) in [5.74, 6) is 0.624. The maximum absolute atomic E-state index is 13.9. The fourth-order valence-electron chi connectivity index (χ4n) is 5.59. The summed E-state index contributed by atoms with van der Waals surface area (Å²) in [5.41, 5.74) is 2.59. The number of alkyl carbamates (subject to hydrolysis) is 1. The van der Waals surface area contributed by atoms with Gasteiger partial charge in [0.15, 0.2) is 16.7 Å². The van der Waals surface area contributed by atoms with E-state index in [2.05, 4.69) is 15.6 Å². The highest BCUT2D eigenvalue weighted by Crippen LogP contribution is 2.41. The van der Waals surface area contributed by atoms with Crippen LogP contribution in [0.3, 0.4) is 0 Å². The van der Waals surface area contributed by atoms with Crippen LogP contribution in [0.2, 0.25) is 0 Å². The summed E-state index contributed by atoms with van der Waals surface area (Å²) < 4.78 is 30.0. The molecule has 3 amide bonds. The summed E-state index contributed by atoms with van der Waals surface area (Å²) in [7, 11) is 3.14. The lowest BCUT2D eigenvalue weighted by molar-refractivity contribution is -0.126. The minimum absolute atomic E-state index is 0.154. The number of ether oxygens (including phenoxy) is 3. The molecule has 0 aromatic heterocycles. The molecule has 3 aromatic carbocycles. The van der Waals surface area contributed by atoms with Crippen molar-refractivity contribution in [3.63, 3.8) is 0 Å². The second-order valence-corrected chi connectivity index (χ2v) is 12.5. The Labute approximate surface area is 278 Å². The van der Waals surface area contributed by atoms with Gasteiger partial charge in [0.05, 0.1) is 26.5 Å².